The summed E-state index contributed by atoms with van der Waals surface area (Å²) >= 11 is 0. The van der Waals surface area contributed by atoms with Crippen molar-refractivity contribution in [1.29, 1.82) is 5.26 Å². The molecule has 1 rings (SSSR count). The lowest BCUT2D eigenvalue weighted by Gasteiger charge is -2.07. The highest BCUT2D eigenvalue weighted by Gasteiger charge is 2.05. The van der Waals surface area contributed by atoms with Crippen molar-refractivity contribution in [2.24, 2.45) is 5.92 Å². The molecule has 0 amide bonds. The average Bonchev–Trinajstić information content (AvgIpc) is 2.26. The van der Waals surface area contributed by atoms with Gasteiger partial charge in [-0.05, 0) is 30.5 Å². The van der Waals surface area contributed by atoms with E-state index in [0.717, 1.165) is 24.2 Å². The third-order valence-corrected chi connectivity index (χ3v) is 2.29. The van der Waals surface area contributed by atoms with Crippen LogP contribution in [0, 0.1) is 17.2 Å². The summed E-state index contributed by atoms with van der Waals surface area (Å²) in [6.07, 6.45) is 1.71. The second kappa shape index (κ2) is 5.29. The Morgan fingerprint density at radius 3 is 2.86 bits per heavy atom. The molecule has 1 unspecified atom stereocenters. The van der Waals surface area contributed by atoms with Crippen LogP contribution in [0.25, 0.3) is 0 Å². The van der Waals surface area contributed by atoms with Crippen LogP contribution >= 0.6 is 0 Å². The number of rotatable bonds is 4. The van der Waals surface area contributed by atoms with Crippen LogP contribution in [0.3, 0.4) is 0 Å². The van der Waals surface area contributed by atoms with E-state index in [9.17, 15) is 0 Å². The molecular weight excluding hydrogens is 174 g/mol. The third kappa shape index (κ3) is 2.77. The van der Waals surface area contributed by atoms with Crippen LogP contribution in [0.4, 0.5) is 0 Å². The molecule has 0 saturated heterocycles. The Morgan fingerprint density at radius 1 is 1.50 bits per heavy atom. The topological polar surface area (TPSA) is 33.0 Å². The molecule has 0 spiro atoms. The fourth-order valence-electron chi connectivity index (χ4n) is 1.37. The molecule has 0 aliphatic heterocycles. The van der Waals surface area contributed by atoms with Crippen molar-refractivity contribution in [2.45, 2.75) is 19.8 Å². The van der Waals surface area contributed by atoms with Crippen molar-refractivity contribution in [1.82, 2.24) is 0 Å². The highest BCUT2D eigenvalue weighted by atomic mass is 16.5. The Balaban J connectivity index is 2.71. The van der Waals surface area contributed by atoms with E-state index in [0.29, 0.717) is 0 Å². The predicted molar refractivity (Wildman–Crippen MR) is 56.1 cm³/mol. The second-order valence-corrected chi connectivity index (χ2v) is 3.29. The van der Waals surface area contributed by atoms with E-state index in [2.05, 4.69) is 6.07 Å². The van der Waals surface area contributed by atoms with Crippen molar-refractivity contribution in [3.8, 4) is 11.8 Å². The zero-order chi connectivity index (χ0) is 10.4. The smallest absolute Gasteiger partial charge is 0.119 e. The summed E-state index contributed by atoms with van der Waals surface area (Å²) in [7, 11) is 1.65. The van der Waals surface area contributed by atoms with Crippen molar-refractivity contribution in [2.75, 3.05) is 7.11 Å². The monoisotopic (exact) mass is 189 g/mol. The maximum atomic E-state index is 8.83. The van der Waals surface area contributed by atoms with Crippen molar-refractivity contribution >= 4 is 0 Å². The Morgan fingerprint density at radius 2 is 2.29 bits per heavy atom. The van der Waals surface area contributed by atoms with Crippen LogP contribution in [0.1, 0.15) is 18.9 Å². The number of hydrogen-bond donors (Lipinski definition) is 0. The van der Waals surface area contributed by atoms with E-state index in [-0.39, 0.29) is 5.92 Å². The van der Waals surface area contributed by atoms with Gasteiger partial charge in [0.2, 0.25) is 0 Å². The summed E-state index contributed by atoms with van der Waals surface area (Å²) in [4.78, 5) is 0. The number of methoxy groups -OCH3 is 1. The molecule has 1 aromatic carbocycles. The maximum Gasteiger partial charge on any atom is 0.119 e. The molecular formula is C12H15NO. The summed E-state index contributed by atoms with van der Waals surface area (Å²) in [6, 6.07) is 10.2. The van der Waals surface area contributed by atoms with Gasteiger partial charge < -0.3 is 4.74 Å². The highest BCUT2D eigenvalue weighted by molar-refractivity contribution is 5.29. The highest BCUT2D eigenvalue weighted by Crippen LogP contribution is 2.16. The lowest BCUT2D eigenvalue weighted by molar-refractivity contribution is 0.414. The largest absolute Gasteiger partial charge is 0.497 e. The van der Waals surface area contributed by atoms with Gasteiger partial charge in [0, 0.05) is 0 Å². The number of hydrogen-bond acceptors (Lipinski definition) is 2. The van der Waals surface area contributed by atoms with E-state index < -0.39 is 0 Å². The van der Waals surface area contributed by atoms with E-state index >= 15 is 0 Å². The van der Waals surface area contributed by atoms with Gasteiger partial charge in [0.1, 0.15) is 5.75 Å². The normalized spacial score (nSPS) is 11.8. The van der Waals surface area contributed by atoms with E-state index in [1.165, 1.54) is 0 Å². The summed E-state index contributed by atoms with van der Waals surface area (Å²) in [5, 5.41) is 8.83. The van der Waals surface area contributed by atoms with Crippen LogP contribution in [0.2, 0.25) is 0 Å². The van der Waals surface area contributed by atoms with Crippen LogP contribution in [-0.4, -0.2) is 7.11 Å². The summed E-state index contributed by atoms with van der Waals surface area (Å²) in [5.74, 6) is 0.970. The fraction of sp³-hybridized carbons (Fsp3) is 0.417. The second-order valence-electron chi connectivity index (χ2n) is 3.29. The summed E-state index contributed by atoms with van der Waals surface area (Å²) in [6.45, 7) is 2.04. The molecule has 0 N–H and O–H groups in total. The third-order valence-electron chi connectivity index (χ3n) is 2.29. The van der Waals surface area contributed by atoms with Gasteiger partial charge in [-0.2, -0.15) is 5.26 Å². The zero-order valence-electron chi connectivity index (χ0n) is 8.66. The first-order valence-corrected chi connectivity index (χ1v) is 4.82. The van der Waals surface area contributed by atoms with Gasteiger partial charge in [-0.1, -0.05) is 19.1 Å². The van der Waals surface area contributed by atoms with Gasteiger partial charge in [0.15, 0.2) is 0 Å². The summed E-state index contributed by atoms with van der Waals surface area (Å²) < 4.78 is 5.12. The minimum atomic E-state index is 0.113. The number of nitriles is 1. The van der Waals surface area contributed by atoms with Gasteiger partial charge in [-0.15, -0.1) is 0 Å². The zero-order valence-corrected chi connectivity index (χ0v) is 8.66. The molecule has 0 radical (unpaired) electrons. The van der Waals surface area contributed by atoms with Gasteiger partial charge in [0.05, 0.1) is 19.1 Å². The maximum absolute atomic E-state index is 8.83. The van der Waals surface area contributed by atoms with Gasteiger partial charge in [-0.25, -0.2) is 0 Å². The van der Waals surface area contributed by atoms with Crippen LogP contribution in [0.5, 0.6) is 5.75 Å². The van der Waals surface area contributed by atoms with E-state index in [4.69, 9.17) is 10.00 Å². The van der Waals surface area contributed by atoms with Crippen molar-refractivity contribution in [3.63, 3.8) is 0 Å². The van der Waals surface area contributed by atoms with Crippen molar-refractivity contribution < 1.29 is 4.74 Å². The molecule has 2 nitrogen and oxygen atoms in total. The molecule has 1 atom stereocenters. The molecule has 0 aliphatic carbocycles. The van der Waals surface area contributed by atoms with E-state index in [1.54, 1.807) is 7.11 Å². The average molecular weight is 189 g/mol. The quantitative estimate of drug-likeness (QED) is 0.729. The lowest BCUT2D eigenvalue weighted by atomic mass is 9.98. The van der Waals surface area contributed by atoms with E-state index in [1.807, 2.05) is 31.2 Å². The molecule has 0 fully saturated rings. The van der Waals surface area contributed by atoms with Crippen LogP contribution < -0.4 is 4.74 Å². The van der Waals surface area contributed by atoms with Gasteiger partial charge >= 0.3 is 0 Å². The number of benzene rings is 1. The first-order valence-electron chi connectivity index (χ1n) is 4.82. The van der Waals surface area contributed by atoms with Gasteiger partial charge in [0.25, 0.3) is 0 Å². The SMILES string of the molecule is CCC(C#N)Cc1cccc(OC)c1. The molecule has 14 heavy (non-hydrogen) atoms. The molecule has 0 aromatic heterocycles. The molecule has 2 heteroatoms. The molecule has 0 heterocycles. The molecule has 0 saturated carbocycles. The molecule has 0 aliphatic rings. The van der Waals surface area contributed by atoms with Gasteiger partial charge in [-0.3, -0.25) is 0 Å². The summed E-state index contributed by atoms with van der Waals surface area (Å²) in [5.41, 5.74) is 1.16. The Labute approximate surface area is 85.1 Å². The Kier molecular flexibility index (Phi) is 4.00. The number of nitrogens with zero attached hydrogens (tertiary/aromatic N) is 1. The first kappa shape index (κ1) is 10.6. The lowest BCUT2D eigenvalue weighted by Crippen LogP contribution is -2.00. The standard InChI is InChI=1S/C12H15NO/c1-3-10(9-13)7-11-5-4-6-12(8-11)14-2/h4-6,8,10H,3,7H2,1-2H3. The molecule has 1 aromatic rings. The Hall–Kier alpha value is -1.49. The minimum Gasteiger partial charge on any atom is -0.497 e. The fourth-order valence-corrected chi connectivity index (χ4v) is 1.37. The first-order chi connectivity index (χ1) is 6.80. The van der Waals surface area contributed by atoms with Crippen molar-refractivity contribution in [3.05, 3.63) is 29.8 Å². The predicted octanol–water partition coefficient (Wildman–Crippen LogP) is 2.79. The number of ether oxygens (including phenoxy) is 1. The van der Waals surface area contributed by atoms with Crippen LogP contribution in [0.15, 0.2) is 24.3 Å². The Bertz CT molecular complexity index is 327. The minimum absolute atomic E-state index is 0.113. The molecule has 0 bridgehead atoms. The molecule has 74 valence electrons. The van der Waals surface area contributed by atoms with Crippen LogP contribution in [-0.2, 0) is 6.42 Å².